The first-order valence-corrected chi connectivity index (χ1v) is 14.1. The maximum absolute atomic E-state index is 13.0. The second-order valence-corrected chi connectivity index (χ2v) is 13.8. The summed E-state index contributed by atoms with van der Waals surface area (Å²) < 4.78 is 6.64. The van der Waals surface area contributed by atoms with Crippen LogP contribution in [-0.2, 0) is 16.1 Å². The molecular formula is C25H29N3O4Si. The van der Waals surface area contributed by atoms with Crippen LogP contribution in [0.15, 0.2) is 65.6 Å². The van der Waals surface area contributed by atoms with Crippen molar-refractivity contribution >= 4 is 36.4 Å². The monoisotopic (exact) mass is 463 g/mol. The minimum Gasteiger partial charge on any atom is -0.497 e. The summed E-state index contributed by atoms with van der Waals surface area (Å²) in [4.78, 5) is 37.0. The molecule has 0 spiro atoms. The molecule has 2 N–H and O–H groups in total. The molecule has 0 unspecified atom stereocenters. The molecule has 0 fully saturated rings. The van der Waals surface area contributed by atoms with E-state index in [-0.39, 0.29) is 23.9 Å². The minimum absolute atomic E-state index is 0.140. The lowest BCUT2D eigenvalue weighted by molar-refractivity contribution is -0.117. The Hall–Kier alpha value is -3.65. The molecule has 0 atom stereocenters. The Morgan fingerprint density at radius 3 is 2.24 bits per heavy atom. The number of methoxy groups -OCH3 is 1. The number of carbonyl (C=O) groups is 2. The molecule has 0 aliphatic rings. The highest BCUT2D eigenvalue weighted by Crippen LogP contribution is 2.35. The lowest BCUT2D eigenvalue weighted by atomic mass is 10.0. The van der Waals surface area contributed by atoms with Gasteiger partial charge in [-0.3, -0.25) is 14.4 Å². The number of pyridine rings is 1. The number of nitrogens with one attached hydrogen (secondary N) is 2. The molecule has 3 rings (SSSR count). The van der Waals surface area contributed by atoms with Crippen LogP contribution in [0.5, 0.6) is 5.75 Å². The Morgan fingerprint density at radius 1 is 0.970 bits per heavy atom. The van der Waals surface area contributed by atoms with Crippen LogP contribution >= 0.6 is 0 Å². The molecule has 0 aliphatic carbocycles. The van der Waals surface area contributed by atoms with Gasteiger partial charge in [0.25, 0.3) is 5.56 Å². The van der Waals surface area contributed by atoms with E-state index in [1.54, 1.807) is 25.4 Å². The topological polar surface area (TPSA) is 89.4 Å². The largest absolute Gasteiger partial charge is 0.497 e. The molecule has 2 aromatic carbocycles. The van der Waals surface area contributed by atoms with Gasteiger partial charge in [-0.05, 0) is 29.8 Å². The molecule has 1 heterocycles. The Kier molecular flexibility index (Phi) is 7.18. The summed E-state index contributed by atoms with van der Waals surface area (Å²) in [5.74, 6) is 0.115. The molecule has 0 saturated carbocycles. The van der Waals surface area contributed by atoms with Gasteiger partial charge in [-0.25, -0.2) is 0 Å². The molecule has 172 valence electrons. The van der Waals surface area contributed by atoms with Gasteiger partial charge in [0.2, 0.25) is 11.8 Å². The number of aromatic nitrogens is 1. The molecule has 0 radical (unpaired) electrons. The lowest BCUT2D eigenvalue weighted by Gasteiger charge is -2.26. The lowest BCUT2D eigenvalue weighted by Crippen LogP contribution is -2.40. The second-order valence-electron chi connectivity index (χ2n) is 8.79. The molecule has 0 bridgehead atoms. The van der Waals surface area contributed by atoms with E-state index in [1.165, 1.54) is 17.6 Å². The van der Waals surface area contributed by atoms with Crippen LogP contribution < -0.4 is 26.1 Å². The predicted molar refractivity (Wildman–Crippen MR) is 135 cm³/mol. The zero-order valence-corrected chi connectivity index (χ0v) is 20.6. The summed E-state index contributed by atoms with van der Waals surface area (Å²) in [6, 6.07) is 16.2. The van der Waals surface area contributed by atoms with E-state index in [4.69, 9.17) is 4.74 Å². The van der Waals surface area contributed by atoms with Crippen molar-refractivity contribution in [3.8, 4) is 16.9 Å². The third-order valence-corrected chi connectivity index (χ3v) is 7.21. The van der Waals surface area contributed by atoms with Crippen LogP contribution in [-0.4, -0.2) is 31.6 Å². The van der Waals surface area contributed by atoms with Crippen molar-refractivity contribution in [1.82, 2.24) is 4.57 Å². The number of anilines is 2. The van der Waals surface area contributed by atoms with E-state index in [1.807, 2.05) is 36.4 Å². The molecular weight excluding hydrogens is 434 g/mol. The summed E-state index contributed by atoms with van der Waals surface area (Å²) in [5.41, 5.74) is 2.51. The van der Waals surface area contributed by atoms with Crippen LogP contribution in [0.3, 0.4) is 0 Å². The molecule has 33 heavy (non-hydrogen) atoms. The zero-order valence-electron chi connectivity index (χ0n) is 19.6. The molecule has 7 nitrogen and oxygen atoms in total. The van der Waals surface area contributed by atoms with Crippen molar-refractivity contribution < 1.29 is 14.3 Å². The SMILES string of the molecule is COc1ccc(-c2c([Si](C)(C)C)ccc(NC(C)=O)c2NC(=O)Cn2ccccc2=O)cc1. The quantitative estimate of drug-likeness (QED) is 0.523. The van der Waals surface area contributed by atoms with E-state index < -0.39 is 8.07 Å². The van der Waals surface area contributed by atoms with E-state index in [0.29, 0.717) is 11.4 Å². The Labute approximate surface area is 194 Å². The molecule has 0 aliphatic heterocycles. The van der Waals surface area contributed by atoms with Gasteiger partial charge >= 0.3 is 0 Å². The van der Waals surface area contributed by atoms with Gasteiger partial charge in [0, 0.05) is 24.8 Å². The number of carbonyl (C=O) groups excluding carboxylic acids is 2. The van der Waals surface area contributed by atoms with E-state index in [2.05, 4.69) is 30.3 Å². The van der Waals surface area contributed by atoms with Crippen molar-refractivity contribution in [2.45, 2.75) is 33.1 Å². The molecule has 2 amide bonds. The number of hydrogen-bond donors (Lipinski definition) is 2. The Balaban J connectivity index is 2.16. The number of benzene rings is 2. The highest BCUT2D eigenvalue weighted by molar-refractivity contribution is 6.89. The first-order valence-electron chi connectivity index (χ1n) is 10.6. The van der Waals surface area contributed by atoms with Gasteiger partial charge in [0.1, 0.15) is 12.3 Å². The number of rotatable bonds is 7. The highest BCUT2D eigenvalue weighted by Gasteiger charge is 2.26. The number of hydrogen-bond acceptors (Lipinski definition) is 4. The van der Waals surface area contributed by atoms with Gasteiger partial charge in [-0.1, -0.05) is 49.1 Å². The van der Waals surface area contributed by atoms with Crippen LogP contribution in [0.2, 0.25) is 19.6 Å². The van der Waals surface area contributed by atoms with Crippen molar-refractivity contribution in [2.75, 3.05) is 17.7 Å². The fourth-order valence-electron chi connectivity index (χ4n) is 3.63. The van der Waals surface area contributed by atoms with Crippen molar-refractivity contribution in [2.24, 2.45) is 0 Å². The molecule has 0 saturated heterocycles. The summed E-state index contributed by atoms with van der Waals surface area (Å²) in [5, 5.41) is 6.94. The highest BCUT2D eigenvalue weighted by atomic mass is 28.3. The summed E-state index contributed by atoms with van der Waals surface area (Å²) in [6.07, 6.45) is 1.57. The number of nitrogens with zero attached hydrogens (tertiary/aromatic N) is 1. The standard InChI is InChI=1S/C25H29N3O4Si/c1-17(29)26-20-13-14-21(33(3,4)5)24(18-9-11-19(32-2)12-10-18)25(20)27-22(30)16-28-15-7-6-8-23(28)31/h6-15H,16H2,1-5H3,(H,26,29)(H,27,30). The van der Waals surface area contributed by atoms with Gasteiger partial charge < -0.3 is 19.9 Å². The fraction of sp³-hybridized carbons (Fsp3) is 0.240. The normalized spacial score (nSPS) is 11.1. The molecule has 3 aromatic rings. The van der Waals surface area contributed by atoms with E-state index in [9.17, 15) is 14.4 Å². The van der Waals surface area contributed by atoms with Gasteiger partial charge in [-0.15, -0.1) is 0 Å². The Morgan fingerprint density at radius 2 is 1.67 bits per heavy atom. The third-order valence-electron chi connectivity index (χ3n) is 5.18. The second kappa shape index (κ2) is 9.87. The maximum atomic E-state index is 13.0. The first kappa shape index (κ1) is 24.0. The van der Waals surface area contributed by atoms with Crippen LogP contribution in [0.4, 0.5) is 11.4 Å². The van der Waals surface area contributed by atoms with Crippen LogP contribution in [0.1, 0.15) is 6.92 Å². The molecule has 1 aromatic heterocycles. The van der Waals surface area contributed by atoms with Crippen molar-refractivity contribution in [3.63, 3.8) is 0 Å². The van der Waals surface area contributed by atoms with Crippen molar-refractivity contribution in [3.05, 3.63) is 71.1 Å². The van der Waals surface area contributed by atoms with Gasteiger partial charge in [0.05, 0.1) is 26.6 Å². The maximum Gasteiger partial charge on any atom is 0.250 e. The van der Waals surface area contributed by atoms with Gasteiger partial charge in [-0.2, -0.15) is 0 Å². The third kappa shape index (κ3) is 5.78. The summed E-state index contributed by atoms with van der Waals surface area (Å²) >= 11 is 0. The summed E-state index contributed by atoms with van der Waals surface area (Å²) in [6.45, 7) is 7.96. The number of ether oxygens (including phenoxy) is 1. The smallest absolute Gasteiger partial charge is 0.250 e. The van der Waals surface area contributed by atoms with Gasteiger partial charge in [0.15, 0.2) is 0 Å². The predicted octanol–water partition coefficient (Wildman–Crippen LogP) is 3.67. The first-order chi connectivity index (χ1) is 15.6. The van der Waals surface area contributed by atoms with Crippen molar-refractivity contribution in [1.29, 1.82) is 0 Å². The molecule has 8 heteroatoms. The fourth-order valence-corrected chi connectivity index (χ4v) is 5.24. The Bertz CT molecular complexity index is 1230. The van der Waals surface area contributed by atoms with E-state index >= 15 is 0 Å². The van der Waals surface area contributed by atoms with Crippen LogP contribution in [0, 0.1) is 0 Å². The van der Waals surface area contributed by atoms with E-state index in [0.717, 1.165) is 22.1 Å². The average molecular weight is 464 g/mol. The number of amides is 2. The minimum atomic E-state index is -1.86. The average Bonchev–Trinajstić information content (AvgIpc) is 2.75. The van der Waals surface area contributed by atoms with Crippen LogP contribution in [0.25, 0.3) is 11.1 Å². The summed E-state index contributed by atoms with van der Waals surface area (Å²) in [7, 11) is -0.253. The zero-order chi connectivity index (χ0) is 24.2.